The van der Waals surface area contributed by atoms with Gasteiger partial charge in [-0.15, -0.1) is 0 Å². The average molecular weight is 176 g/mol. The first kappa shape index (κ1) is 8.26. The normalized spacial score (nSPS) is 11.0. The summed E-state index contributed by atoms with van der Waals surface area (Å²) in [4.78, 5) is 4.26. The Balaban J connectivity index is 2.81. The number of pyridine rings is 1. The highest BCUT2D eigenvalue weighted by Crippen LogP contribution is 2.14. The number of fused-ring (bicyclic) bond motifs is 1. The molecule has 2 aromatic heterocycles. The molecule has 0 saturated heterocycles. The summed E-state index contributed by atoms with van der Waals surface area (Å²) >= 11 is 0. The predicted octanol–water partition coefficient (Wildman–Crippen LogP) is 1.44. The van der Waals surface area contributed by atoms with E-state index in [0.717, 1.165) is 17.0 Å². The van der Waals surface area contributed by atoms with Crippen molar-refractivity contribution in [3.8, 4) is 0 Å². The lowest BCUT2D eigenvalue weighted by molar-refractivity contribution is 0.279. The largest absolute Gasteiger partial charge is 0.390 e. The van der Waals surface area contributed by atoms with Crippen molar-refractivity contribution in [1.29, 1.82) is 0 Å². The summed E-state index contributed by atoms with van der Waals surface area (Å²) in [5.74, 6) is 0.916. The van der Waals surface area contributed by atoms with Gasteiger partial charge in [0.15, 0.2) is 0 Å². The van der Waals surface area contributed by atoms with E-state index in [9.17, 15) is 0 Å². The molecule has 0 unspecified atom stereocenters. The number of hydrogen-bond acceptors (Lipinski definition) is 2. The molecule has 2 rings (SSSR count). The van der Waals surface area contributed by atoms with Crippen LogP contribution in [0.3, 0.4) is 0 Å². The second kappa shape index (κ2) is 2.85. The van der Waals surface area contributed by atoms with Gasteiger partial charge in [-0.3, -0.25) is 0 Å². The van der Waals surface area contributed by atoms with Crippen LogP contribution >= 0.6 is 0 Å². The minimum atomic E-state index is 0.000787. The SMILES string of the molecule is Cc1ccn2c(C)nc(CO)c2c1. The van der Waals surface area contributed by atoms with Gasteiger partial charge in [-0.05, 0) is 31.5 Å². The lowest BCUT2D eigenvalue weighted by atomic mass is 10.2. The number of rotatable bonds is 1. The Kier molecular flexibility index (Phi) is 1.81. The molecular formula is C10H12N2O. The molecule has 0 amide bonds. The number of aliphatic hydroxyl groups is 1. The third kappa shape index (κ3) is 1.21. The molecular weight excluding hydrogens is 164 g/mol. The van der Waals surface area contributed by atoms with E-state index in [1.165, 1.54) is 5.56 Å². The molecule has 0 fully saturated rings. The molecule has 1 N–H and O–H groups in total. The van der Waals surface area contributed by atoms with Gasteiger partial charge in [0.25, 0.3) is 0 Å². The minimum Gasteiger partial charge on any atom is -0.390 e. The van der Waals surface area contributed by atoms with E-state index >= 15 is 0 Å². The molecule has 0 saturated carbocycles. The highest BCUT2D eigenvalue weighted by Gasteiger charge is 2.05. The van der Waals surface area contributed by atoms with Crippen LogP contribution in [0, 0.1) is 13.8 Å². The summed E-state index contributed by atoms with van der Waals surface area (Å²) in [7, 11) is 0. The van der Waals surface area contributed by atoms with Crippen molar-refractivity contribution in [3.05, 3.63) is 35.4 Å². The zero-order valence-corrected chi connectivity index (χ0v) is 7.78. The number of aromatic nitrogens is 2. The first-order chi connectivity index (χ1) is 6.22. The van der Waals surface area contributed by atoms with Gasteiger partial charge in [0, 0.05) is 6.20 Å². The predicted molar refractivity (Wildman–Crippen MR) is 50.6 cm³/mol. The summed E-state index contributed by atoms with van der Waals surface area (Å²) in [5.41, 5.74) is 2.93. The fourth-order valence-electron chi connectivity index (χ4n) is 1.53. The Bertz CT molecular complexity index is 445. The van der Waals surface area contributed by atoms with E-state index in [0.29, 0.717) is 0 Å². The summed E-state index contributed by atoms with van der Waals surface area (Å²) in [6, 6.07) is 4.06. The van der Waals surface area contributed by atoms with Gasteiger partial charge >= 0.3 is 0 Å². The van der Waals surface area contributed by atoms with Crippen molar-refractivity contribution in [2.45, 2.75) is 20.5 Å². The van der Waals surface area contributed by atoms with Crippen LogP contribution in [0.25, 0.3) is 5.52 Å². The maximum absolute atomic E-state index is 9.06. The fraction of sp³-hybridized carbons (Fsp3) is 0.300. The monoisotopic (exact) mass is 176 g/mol. The number of hydrogen-bond donors (Lipinski definition) is 1. The van der Waals surface area contributed by atoms with Crippen LogP contribution in [0.5, 0.6) is 0 Å². The van der Waals surface area contributed by atoms with Gasteiger partial charge < -0.3 is 9.51 Å². The maximum Gasteiger partial charge on any atom is 0.110 e. The molecule has 68 valence electrons. The number of aliphatic hydroxyl groups excluding tert-OH is 1. The minimum absolute atomic E-state index is 0.000787. The Morgan fingerprint density at radius 1 is 1.46 bits per heavy atom. The molecule has 0 bridgehead atoms. The van der Waals surface area contributed by atoms with Gasteiger partial charge in [0.05, 0.1) is 17.8 Å². The van der Waals surface area contributed by atoms with Crippen LogP contribution < -0.4 is 0 Å². The van der Waals surface area contributed by atoms with Crippen molar-refractivity contribution >= 4 is 5.52 Å². The van der Waals surface area contributed by atoms with Crippen molar-refractivity contribution in [3.63, 3.8) is 0 Å². The highest BCUT2D eigenvalue weighted by atomic mass is 16.3. The van der Waals surface area contributed by atoms with Crippen LogP contribution in [-0.4, -0.2) is 14.5 Å². The third-order valence-electron chi connectivity index (χ3n) is 2.20. The van der Waals surface area contributed by atoms with Crippen LogP contribution in [-0.2, 0) is 6.61 Å². The molecule has 0 aliphatic carbocycles. The van der Waals surface area contributed by atoms with Gasteiger partial charge in [-0.1, -0.05) is 0 Å². The van der Waals surface area contributed by atoms with Gasteiger partial charge in [0.2, 0.25) is 0 Å². The quantitative estimate of drug-likeness (QED) is 0.714. The van der Waals surface area contributed by atoms with Crippen molar-refractivity contribution in [1.82, 2.24) is 9.38 Å². The zero-order chi connectivity index (χ0) is 9.42. The summed E-state index contributed by atoms with van der Waals surface area (Å²) in [6.07, 6.45) is 1.98. The van der Waals surface area contributed by atoms with E-state index < -0.39 is 0 Å². The zero-order valence-electron chi connectivity index (χ0n) is 7.78. The molecule has 0 aliphatic heterocycles. The second-order valence-corrected chi connectivity index (χ2v) is 3.22. The Morgan fingerprint density at radius 3 is 2.92 bits per heavy atom. The van der Waals surface area contributed by atoms with Crippen LogP contribution in [0.15, 0.2) is 18.3 Å². The topological polar surface area (TPSA) is 37.5 Å². The molecule has 0 aliphatic rings. The van der Waals surface area contributed by atoms with E-state index in [1.807, 2.05) is 36.6 Å². The molecule has 2 aromatic rings. The summed E-state index contributed by atoms with van der Waals surface area (Å²) < 4.78 is 1.98. The van der Waals surface area contributed by atoms with Gasteiger partial charge in [-0.2, -0.15) is 0 Å². The molecule has 2 heterocycles. The molecule has 3 nitrogen and oxygen atoms in total. The lowest BCUT2D eigenvalue weighted by Gasteiger charge is -1.97. The molecule has 0 spiro atoms. The summed E-state index contributed by atoms with van der Waals surface area (Å²) in [6.45, 7) is 3.96. The van der Waals surface area contributed by atoms with Crippen molar-refractivity contribution in [2.24, 2.45) is 0 Å². The van der Waals surface area contributed by atoms with E-state index in [4.69, 9.17) is 5.11 Å². The lowest BCUT2D eigenvalue weighted by Crippen LogP contribution is -1.87. The standard InChI is InChI=1S/C10H12N2O/c1-7-3-4-12-8(2)11-9(6-13)10(12)5-7/h3-5,13H,6H2,1-2H3. The molecule has 0 radical (unpaired) electrons. The number of imidazole rings is 1. The number of aryl methyl sites for hydroxylation is 2. The first-order valence-electron chi connectivity index (χ1n) is 4.27. The second-order valence-electron chi connectivity index (χ2n) is 3.22. The van der Waals surface area contributed by atoms with E-state index in [2.05, 4.69) is 4.98 Å². The van der Waals surface area contributed by atoms with Crippen molar-refractivity contribution < 1.29 is 5.11 Å². The van der Waals surface area contributed by atoms with E-state index in [-0.39, 0.29) is 6.61 Å². The Labute approximate surface area is 76.7 Å². The van der Waals surface area contributed by atoms with Gasteiger partial charge in [0.1, 0.15) is 5.82 Å². The molecule has 0 aromatic carbocycles. The van der Waals surface area contributed by atoms with Crippen LogP contribution in [0.2, 0.25) is 0 Å². The molecule has 3 heteroatoms. The smallest absolute Gasteiger partial charge is 0.110 e. The Hall–Kier alpha value is -1.35. The third-order valence-corrected chi connectivity index (χ3v) is 2.20. The highest BCUT2D eigenvalue weighted by molar-refractivity contribution is 5.54. The first-order valence-corrected chi connectivity index (χ1v) is 4.27. The van der Waals surface area contributed by atoms with Gasteiger partial charge in [-0.25, -0.2) is 4.98 Å². The van der Waals surface area contributed by atoms with E-state index in [1.54, 1.807) is 0 Å². The molecule has 0 atom stereocenters. The Morgan fingerprint density at radius 2 is 2.23 bits per heavy atom. The van der Waals surface area contributed by atoms with Crippen molar-refractivity contribution in [2.75, 3.05) is 0 Å². The summed E-state index contributed by atoms with van der Waals surface area (Å²) in [5, 5.41) is 9.06. The number of nitrogens with zero attached hydrogens (tertiary/aromatic N) is 2. The average Bonchev–Trinajstić information content (AvgIpc) is 2.42. The van der Waals surface area contributed by atoms with Crippen LogP contribution in [0.1, 0.15) is 17.1 Å². The fourth-order valence-corrected chi connectivity index (χ4v) is 1.53. The molecule has 13 heavy (non-hydrogen) atoms. The maximum atomic E-state index is 9.06. The van der Waals surface area contributed by atoms with Crippen LogP contribution in [0.4, 0.5) is 0 Å².